The average molecular weight is 303 g/mol. The van der Waals surface area contributed by atoms with Crippen LogP contribution in [-0.4, -0.2) is 14.6 Å². The molecule has 1 saturated carbocycles. The van der Waals surface area contributed by atoms with Crippen LogP contribution in [0.3, 0.4) is 0 Å². The zero-order valence-corrected chi connectivity index (χ0v) is 11.5. The molecule has 6 heteroatoms. The first kappa shape index (κ1) is 13.3. The van der Waals surface area contributed by atoms with Crippen LogP contribution in [0.5, 0.6) is 0 Å². The molecule has 0 spiro atoms. The molecule has 1 aliphatic rings. The van der Waals surface area contributed by atoms with E-state index in [1.165, 1.54) is 6.20 Å². The molecule has 3 heterocycles. The van der Waals surface area contributed by atoms with Crippen LogP contribution in [-0.2, 0) is 6.18 Å². The van der Waals surface area contributed by atoms with Crippen molar-refractivity contribution in [3.05, 3.63) is 54.0 Å². The summed E-state index contributed by atoms with van der Waals surface area (Å²) in [5.41, 5.74) is 2.26. The number of aromatic nitrogens is 3. The maximum atomic E-state index is 12.9. The molecule has 3 aromatic rings. The van der Waals surface area contributed by atoms with E-state index in [1.807, 2.05) is 24.4 Å². The van der Waals surface area contributed by atoms with E-state index in [-0.39, 0.29) is 0 Å². The lowest BCUT2D eigenvalue weighted by molar-refractivity contribution is -0.137. The summed E-state index contributed by atoms with van der Waals surface area (Å²) < 4.78 is 40.4. The molecular formula is C16H12F3N3. The monoisotopic (exact) mass is 303 g/mol. The van der Waals surface area contributed by atoms with Crippen molar-refractivity contribution < 1.29 is 13.2 Å². The third-order valence-electron chi connectivity index (χ3n) is 3.90. The van der Waals surface area contributed by atoms with E-state index in [0.29, 0.717) is 17.2 Å². The molecule has 0 radical (unpaired) electrons. The van der Waals surface area contributed by atoms with Gasteiger partial charge in [-0.3, -0.25) is 4.98 Å². The van der Waals surface area contributed by atoms with Crippen molar-refractivity contribution in [2.24, 2.45) is 0 Å². The summed E-state index contributed by atoms with van der Waals surface area (Å²) in [4.78, 5) is 3.75. The van der Waals surface area contributed by atoms with E-state index in [0.717, 1.165) is 36.2 Å². The minimum absolute atomic E-state index is 0.379. The van der Waals surface area contributed by atoms with Gasteiger partial charge in [0.25, 0.3) is 0 Å². The minimum Gasteiger partial charge on any atom is -0.263 e. The molecule has 0 atom stereocenters. The van der Waals surface area contributed by atoms with Gasteiger partial charge in [-0.25, -0.2) is 4.52 Å². The Bertz CT molecular complexity index is 847. The van der Waals surface area contributed by atoms with E-state index in [2.05, 4.69) is 10.1 Å². The highest BCUT2D eigenvalue weighted by Gasteiger charge is 2.33. The summed E-state index contributed by atoms with van der Waals surface area (Å²) >= 11 is 0. The van der Waals surface area contributed by atoms with Gasteiger partial charge in [-0.2, -0.15) is 18.3 Å². The smallest absolute Gasteiger partial charge is 0.263 e. The molecule has 1 aliphatic carbocycles. The van der Waals surface area contributed by atoms with Gasteiger partial charge in [0.1, 0.15) is 0 Å². The summed E-state index contributed by atoms with van der Waals surface area (Å²) in [5.74, 6) is 0.379. The van der Waals surface area contributed by atoms with E-state index < -0.39 is 11.7 Å². The van der Waals surface area contributed by atoms with Gasteiger partial charge in [-0.1, -0.05) is 6.07 Å². The third kappa shape index (κ3) is 2.15. The number of hydrogen-bond acceptors (Lipinski definition) is 2. The number of halogens is 3. The van der Waals surface area contributed by atoms with Crippen molar-refractivity contribution in [3.63, 3.8) is 0 Å². The first-order valence-electron chi connectivity index (χ1n) is 7.04. The van der Waals surface area contributed by atoms with Gasteiger partial charge < -0.3 is 0 Å². The molecule has 0 aliphatic heterocycles. The number of nitrogens with zero attached hydrogens (tertiary/aromatic N) is 3. The van der Waals surface area contributed by atoms with Crippen LogP contribution < -0.4 is 0 Å². The normalized spacial score (nSPS) is 15.4. The predicted molar refractivity (Wildman–Crippen MR) is 75.4 cm³/mol. The van der Waals surface area contributed by atoms with Gasteiger partial charge in [-0.15, -0.1) is 0 Å². The number of pyridine rings is 2. The molecule has 0 unspecified atom stereocenters. The second-order valence-electron chi connectivity index (χ2n) is 5.53. The summed E-state index contributed by atoms with van der Waals surface area (Å²) in [6.45, 7) is 0. The Labute approximate surface area is 124 Å². The molecule has 3 nitrogen and oxygen atoms in total. The van der Waals surface area contributed by atoms with Gasteiger partial charge in [0, 0.05) is 29.7 Å². The van der Waals surface area contributed by atoms with Crippen LogP contribution in [0.25, 0.3) is 16.8 Å². The zero-order valence-electron chi connectivity index (χ0n) is 11.5. The first-order chi connectivity index (χ1) is 10.5. The predicted octanol–water partition coefficient (Wildman–Crippen LogP) is 4.29. The highest BCUT2D eigenvalue weighted by Crippen LogP contribution is 2.46. The Hall–Kier alpha value is -2.37. The van der Waals surface area contributed by atoms with Crippen molar-refractivity contribution >= 4 is 5.52 Å². The second-order valence-corrected chi connectivity index (χ2v) is 5.53. The lowest BCUT2D eigenvalue weighted by Crippen LogP contribution is -2.05. The quantitative estimate of drug-likeness (QED) is 0.707. The lowest BCUT2D eigenvalue weighted by Gasteiger charge is -2.07. The zero-order chi connectivity index (χ0) is 15.3. The molecule has 3 aromatic heterocycles. The summed E-state index contributed by atoms with van der Waals surface area (Å²) in [5, 5.41) is 4.48. The fourth-order valence-corrected chi connectivity index (χ4v) is 2.73. The Morgan fingerprint density at radius 1 is 1.14 bits per heavy atom. The van der Waals surface area contributed by atoms with Crippen LogP contribution in [0.1, 0.15) is 29.9 Å². The minimum atomic E-state index is -4.40. The lowest BCUT2D eigenvalue weighted by atomic mass is 10.0. The van der Waals surface area contributed by atoms with Crippen molar-refractivity contribution in [1.82, 2.24) is 14.6 Å². The molecule has 1 fully saturated rings. The number of fused-ring (bicyclic) bond motifs is 1. The molecule has 0 saturated heterocycles. The SMILES string of the molecule is FC(F)(F)c1cncc(-c2nn3ccccc3c2C2CC2)c1. The van der Waals surface area contributed by atoms with Crippen LogP contribution in [0.4, 0.5) is 13.2 Å². The Balaban J connectivity index is 1.93. The van der Waals surface area contributed by atoms with Crippen LogP contribution >= 0.6 is 0 Å². The van der Waals surface area contributed by atoms with E-state index in [1.54, 1.807) is 4.52 Å². The Morgan fingerprint density at radius 3 is 2.68 bits per heavy atom. The number of alkyl halides is 3. The van der Waals surface area contributed by atoms with Crippen molar-refractivity contribution in [2.75, 3.05) is 0 Å². The van der Waals surface area contributed by atoms with Crippen molar-refractivity contribution in [1.29, 1.82) is 0 Å². The van der Waals surface area contributed by atoms with Gasteiger partial charge in [0.05, 0.1) is 16.8 Å². The number of rotatable bonds is 2. The fraction of sp³-hybridized carbons (Fsp3) is 0.250. The topological polar surface area (TPSA) is 30.2 Å². The standard InChI is InChI=1S/C16H12F3N3/c17-16(18,19)12-7-11(8-20-9-12)15-14(10-4-5-10)13-3-1-2-6-22(13)21-15/h1-3,6-10H,4-5H2. The maximum Gasteiger partial charge on any atom is 0.417 e. The second kappa shape index (κ2) is 4.56. The number of hydrogen-bond donors (Lipinski definition) is 0. The molecule has 0 N–H and O–H groups in total. The largest absolute Gasteiger partial charge is 0.417 e. The highest BCUT2D eigenvalue weighted by molar-refractivity contribution is 5.74. The Morgan fingerprint density at radius 2 is 1.95 bits per heavy atom. The van der Waals surface area contributed by atoms with E-state index in [4.69, 9.17) is 0 Å². The van der Waals surface area contributed by atoms with E-state index >= 15 is 0 Å². The van der Waals surface area contributed by atoms with Gasteiger partial charge >= 0.3 is 6.18 Å². The van der Waals surface area contributed by atoms with Crippen molar-refractivity contribution in [3.8, 4) is 11.3 Å². The molecule has 0 amide bonds. The third-order valence-corrected chi connectivity index (χ3v) is 3.90. The van der Waals surface area contributed by atoms with Crippen LogP contribution in [0, 0.1) is 0 Å². The maximum absolute atomic E-state index is 12.9. The summed E-state index contributed by atoms with van der Waals surface area (Å²) in [6, 6.07) is 6.84. The van der Waals surface area contributed by atoms with Crippen LogP contribution in [0.2, 0.25) is 0 Å². The van der Waals surface area contributed by atoms with Gasteiger partial charge in [0.2, 0.25) is 0 Å². The first-order valence-corrected chi connectivity index (χ1v) is 7.04. The van der Waals surface area contributed by atoms with E-state index in [9.17, 15) is 13.2 Å². The van der Waals surface area contributed by atoms with Gasteiger partial charge in [0.15, 0.2) is 0 Å². The molecule has 0 bridgehead atoms. The molecule has 22 heavy (non-hydrogen) atoms. The van der Waals surface area contributed by atoms with Gasteiger partial charge in [-0.05, 0) is 37.0 Å². The molecule has 0 aromatic carbocycles. The summed E-state index contributed by atoms with van der Waals surface area (Å²) in [7, 11) is 0. The molecule has 112 valence electrons. The summed E-state index contributed by atoms with van der Waals surface area (Å²) in [6.07, 6.45) is 1.80. The molecular weight excluding hydrogens is 291 g/mol. The fourth-order valence-electron chi connectivity index (χ4n) is 2.73. The average Bonchev–Trinajstić information content (AvgIpc) is 3.26. The Kier molecular flexibility index (Phi) is 2.76. The van der Waals surface area contributed by atoms with Crippen LogP contribution in [0.15, 0.2) is 42.9 Å². The van der Waals surface area contributed by atoms with Crippen molar-refractivity contribution in [2.45, 2.75) is 24.9 Å². The highest BCUT2D eigenvalue weighted by atomic mass is 19.4. The molecule has 4 rings (SSSR count).